The molecule has 4 N–H and O–H groups in total. The van der Waals surface area contributed by atoms with Crippen molar-refractivity contribution in [1.82, 2.24) is 0 Å². The van der Waals surface area contributed by atoms with Crippen LogP contribution in [0.5, 0.6) is 0 Å². The molecule has 0 saturated heterocycles. The van der Waals surface area contributed by atoms with Crippen molar-refractivity contribution in [1.29, 1.82) is 0 Å². The maximum atomic E-state index is 12.6. The topological polar surface area (TPSA) is 112 Å². The number of ketones is 1. The van der Waals surface area contributed by atoms with Crippen molar-refractivity contribution in [2.45, 2.75) is 26.3 Å². The number of rotatable bonds is 7. The molecule has 1 aliphatic rings. The number of nitrogens with two attached hydrogens (primary N) is 2. The van der Waals surface area contributed by atoms with Gasteiger partial charge >= 0.3 is 5.97 Å². The molecule has 0 fully saturated rings. The van der Waals surface area contributed by atoms with E-state index in [9.17, 15) is 14.4 Å². The maximum Gasteiger partial charge on any atom is 0.312 e. The van der Waals surface area contributed by atoms with Crippen LogP contribution in [0.4, 0.5) is 0 Å². The first kappa shape index (κ1) is 19.6. The molecule has 0 spiro atoms. The number of esters is 1. The molecule has 2 unspecified atom stereocenters. The van der Waals surface area contributed by atoms with Crippen molar-refractivity contribution < 1.29 is 19.1 Å². The summed E-state index contributed by atoms with van der Waals surface area (Å²) in [5, 5.41) is 0. The third-order valence-corrected chi connectivity index (χ3v) is 4.50. The lowest BCUT2D eigenvalue weighted by Crippen LogP contribution is -2.41. The van der Waals surface area contributed by atoms with E-state index in [1.807, 2.05) is 31.2 Å². The lowest BCUT2D eigenvalue weighted by Gasteiger charge is -2.24. The Morgan fingerprint density at radius 3 is 2.50 bits per heavy atom. The second-order valence-electron chi connectivity index (χ2n) is 6.50. The first-order valence-corrected chi connectivity index (χ1v) is 8.54. The molecule has 138 valence electrons. The van der Waals surface area contributed by atoms with Crippen molar-refractivity contribution in [3.8, 4) is 0 Å². The molecule has 6 nitrogen and oxygen atoms in total. The van der Waals surface area contributed by atoms with Gasteiger partial charge in [0.05, 0.1) is 5.92 Å². The third kappa shape index (κ3) is 4.67. The highest BCUT2D eigenvalue weighted by Crippen LogP contribution is 2.31. The SMILES string of the molecule is CC1CC=C(C(=O)c2ccccc2)C=C1C(C)C(=O)OC[C@H](N)C(N)=O. The van der Waals surface area contributed by atoms with E-state index in [4.69, 9.17) is 16.2 Å². The molecule has 0 saturated carbocycles. The quantitative estimate of drug-likeness (QED) is 0.571. The molecule has 1 amide bonds. The zero-order chi connectivity index (χ0) is 19.3. The highest BCUT2D eigenvalue weighted by Gasteiger charge is 2.27. The van der Waals surface area contributed by atoms with Gasteiger partial charge in [-0.25, -0.2) is 0 Å². The normalized spacial score (nSPS) is 19.0. The van der Waals surface area contributed by atoms with Crippen LogP contribution >= 0.6 is 0 Å². The number of benzene rings is 1. The van der Waals surface area contributed by atoms with Gasteiger partial charge < -0.3 is 16.2 Å². The Hall–Kier alpha value is -2.73. The Kier molecular flexibility index (Phi) is 6.46. The number of Topliss-reactive ketones (excluding diaryl/α,β-unsaturated/α-hetero) is 1. The van der Waals surface area contributed by atoms with Crippen molar-refractivity contribution in [3.63, 3.8) is 0 Å². The average molecular weight is 356 g/mol. The molecule has 0 bridgehead atoms. The van der Waals surface area contributed by atoms with Crippen LogP contribution in [0.1, 0.15) is 30.6 Å². The lowest BCUT2D eigenvalue weighted by molar-refractivity contribution is -0.147. The standard InChI is InChI=1S/C20H24N2O4/c1-12-8-9-15(18(23)14-6-4-3-5-7-14)10-16(12)13(2)20(25)26-11-17(21)19(22)24/h3-7,9-10,12-13,17H,8,11,21H2,1-2H3,(H2,22,24)/t12?,13?,17-/m0/s1. The minimum Gasteiger partial charge on any atom is -0.463 e. The van der Waals surface area contributed by atoms with Crippen LogP contribution in [0.15, 0.2) is 53.6 Å². The van der Waals surface area contributed by atoms with Gasteiger partial charge in [0, 0.05) is 11.1 Å². The van der Waals surface area contributed by atoms with Crippen molar-refractivity contribution in [2.75, 3.05) is 6.61 Å². The van der Waals surface area contributed by atoms with Crippen molar-refractivity contribution in [3.05, 3.63) is 59.2 Å². The zero-order valence-electron chi connectivity index (χ0n) is 15.0. The third-order valence-electron chi connectivity index (χ3n) is 4.50. The Morgan fingerprint density at radius 2 is 1.88 bits per heavy atom. The highest BCUT2D eigenvalue weighted by atomic mass is 16.5. The van der Waals surface area contributed by atoms with Crippen LogP contribution in [0.2, 0.25) is 0 Å². The van der Waals surface area contributed by atoms with Crippen LogP contribution in [0.25, 0.3) is 0 Å². The molecule has 1 aromatic rings. The largest absolute Gasteiger partial charge is 0.463 e. The van der Waals surface area contributed by atoms with Crippen LogP contribution in [0, 0.1) is 11.8 Å². The summed E-state index contributed by atoms with van der Waals surface area (Å²) in [4.78, 5) is 35.9. The fourth-order valence-electron chi connectivity index (χ4n) is 2.80. The molecule has 2 rings (SSSR count). The molecular weight excluding hydrogens is 332 g/mol. The summed E-state index contributed by atoms with van der Waals surface area (Å²) in [6.45, 7) is 3.45. The van der Waals surface area contributed by atoms with E-state index in [0.717, 1.165) is 5.57 Å². The monoisotopic (exact) mass is 356 g/mol. The Morgan fingerprint density at radius 1 is 1.23 bits per heavy atom. The summed E-state index contributed by atoms with van der Waals surface area (Å²) in [5.74, 6) is -1.74. The number of carbonyl (C=O) groups excluding carboxylic acids is 3. The molecular formula is C20H24N2O4. The number of hydrogen-bond acceptors (Lipinski definition) is 5. The van der Waals surface area contributed by atoms with Gasteiger partial charge in [-0.2, -0.15) is 0 Å². The summed E-state index contributed by atoms with van der Waals surface area (Å²) < 4.78 is 5.10. The number of amides is 1. The number of hydrogen-bond donors (Lipinski definition) is 2. The van der Waals surface area contributed by atoms with Crippen molar-refractivity contribution in [2.24, 2.45) is 23.3 Å². The molecule has 0 radical (unpaired) electrons. The molecule has 6 heteroatoms. The summed E-state index contributed by atoms with van der Waals surface area (Å²) in [6.07, 6.45) is 4.33. The molecule has 0 aliphatic heterocycles. The van der Waals surface area contributed by atoms with E-state index in [1.54, 1.807) is 25.1 Å². The predicted octanol–water partition coefficient (Wildman–Crippen LogP) is 1.75. The first-order chi connectivity index (χ1) is 12.3. The van der Waals surface area contributed by atoms with Gasteiger partial charge in [0.2, 0.25) is 5.91 Å². The van der Waals surface area contributed by atoms with Gasteiger partial charge in [-0.1, -0.05) is 55.0 Å². The lowest BCUT2D eigenvalue weighted by atomic mass is 9.81. The highest BCUT2D eigenvalue weighted by molar-refractivity contribution is 6.10. The number of carbonyl (C=O) groups is 3. The smallest absolute Gasteiger partial charge is 0.312 e. The van der Waals surface area contributed by atoms with Crippen LogP contribution in [-0.4, -0.2) is 30.3 Å². The molecule has 1 aliphatic carbocycles. The van der Waals surface area contributed by atoms with Crippen LogP contribution in [0.3, 0.4) is 0 Å². The van der Waals surface area contributed by atoms with Gasteiger partial charge in [-0.05, 0) is 19.3 Å². The second-order valence-corrected chi connectivity index (χ2v) is 6.50. The van der Waals surface area contributed by atoms with Gasteiger partial charge in [-0.15, -0.1) is 0 Å². The molecule has 0 heterocycles. The average Bonchev–Trinajstić information content (AvgIpc) is 2.65. The Balaban J connectivity index is 2.12. The van der Waals surface area contributed by atoms with E-state index in [1.165, 1.54) is 0 Å². The first-order valence-electron chi connectivity index (χ1n) is 8.54. The molecule has 26 heavy (non-hydrogen) atoms. The summed E-state index contributed by atoms with van der Waals surface area (Å²) in [7, 11) is 0. The number of primary amides is 1. The zero-order valence-corrected chi connectivity index (χ0v) is 15.0. The van der Waals surface area contributed by atoms with Crippen LogP contribution in [-0.2, 0) is 14.3 Å². The van der Waals surface area contributed by atoms with Gasteiger partial charge in [0.1, 0.15) is 12.6 Å². The fraction of sp³-hybridized carbons (Fsp3) is 0.350. The molecule has 3 atom stereocenters. The van der Waals surface area contributed by atoms with E-state index in [-0.39, 0.29) is 18.3 Å². The Bertz CT molecular complexity index is 752. The minimum atomic E-state index is -1.03. The van der Waals surface area contributed by atoms with Crippen LogP contribution < -0.4 is 11.5 Å². The van der Waals surface area contributed by atoms with E-state index >= 15 is 0 Å². The molecule has 0 aromatic heterocycles. The number of allylic oxidation sites excluding steroid dienone is 3. The predicted molar refractivity (Wildman–Crippen MR) is 98.0 cm³/mol. The second kappa shape index (κ2) is 8.58. The van der Waals surface area contributed by atoms with Gasteiger partial charge in [-0.3, -0.25) is 14.4 Å². The van der Waals surface area contributed by atoms with E-state index in [2.05, 4.69) is 0 Å². The van der Waals surface area contributed by atoms with Crippen molar-refractivity contribution >= 4 is 17.7 Å². The maximum absolute atomic E-state index is 12.6. The summed E-state index contributed by atoms with van der Waals surface area (Å²) in [6, 6.07) is 7.97. The van der Waals surface area contributed by atoms with Gasteiger partial charge in [0.15, 0.2) is 5.78 Å². The van der Waals surface area contributed by atoms with Gasteiger partial charge in [0.25, 0.3) is 0 Å². The summed E-state index contributed by atoms with van der Waals surface area (Å²) >= 11 is 0. The van der Waals surface area contributed by atoms with E-state index in [0.29, 0.717) is 17.6 Å². The fourth-order valence-corrected chi connectivity index (χ4v) is 2.80. The van der Waals surface area contributed by atoms with E-state index < -0.39 is 23.8 Å². The Labute approximate surface area is 152 Å². The number of ether oxygens (including phenoxy) is 1. The summed E-state index contributed by atoms with van der Waals surface area (Å²) in [5.41, 5.74) is 12.5. The minimum absolute atomic E-state index is 0.0775. The molecule has 1 aromatic carbocycles.